The van der Waals surface area contributed by atoms with Gasteiger partial charge in [0.1, 0.15) is 0 Å². The molecule has 0 bridgehead atoms. The molecule has 5 heteroatoms. The summed E-state index contributed by atoms with van der Waals surface area (Å²) in [5.74, 6) is 0. The van der Waals surface area contributed by atoms with Crippen LogP contribution in [0.1, 0.15) is 40.0 Å². The van der Waals surface area contributed by atoms with Gasteiger partial charge in [0.15, 0.2) is 0 Å². The van der Waals surface area contributed by atoms with Crippen LogP contribution in [-0.2, 0) is 4.74 Å². The minimum absolute atomic E-state index is 0.00985. The van der Waals surface area contributed by atoms with E-state index in [2.05, 4.69) is 5.32 Å². The lowest BCUT2D eigenvalue weighted by Crippen LogP contribution is -2.33. The highest BCUT2D eigenvalue weighted by molar-refractivity contribution is 4.62. The van der Waals surface area contributed by atoms with E-state index in [1.54, 1.807) is 0 Å². The average Bonchev–Trinajstić information content (AvgIpc) is 2.15. The third-order valence-electron chi connectivity index (χ3n) is 2.17. The first kappa shape index (κ1) is 15.7. The van der Waals surface area contributed by atoms with Crippen molar-refractivity contribution in [2.45, 2.75) is 58.4 Å². The normalized spacial score (nSPS) is 14.4. The SMILES string of the molecule is CCC(CNC(C)C)OCCCC(F)(F)F. The van der Waals surface area contributed by atoms with Gasteiger partial charge in [-0.3, -0.25) is 0 Å². The lowest BCUT2D eigenvalue weighted by atomic mass is 10.2. The summed E-state index contributed by atoms with van der Waals surface area (Å²) in [5, 5.41) is 3.21. The Bertz CT molecular complexity index is 171. The molecule has 0 aromatic rings. The first-order chi connectivity index (χ1) is 7.35. The van der Waals surface area contributed by atoms with E-state index >= 15 is 0 Å². The molecule has 0 spiro atoms. The minimum Gasteiger partial charge on any atom is -0.377 e. The summed E-state index contributed by atoms with van der Waals surface area (Å²) in [6, 6.07) is 0.368. The van der Waals surface area contributed by atoms with Crippen molar-refractivity contribution in [3.63, 3.8) is 0 Å². The topological polar surface area (TPSA) is 21.3 Å². The zero-order chi connectivity index (χ0) is 12.6. The predicted octanol–water partition coefficient (Wildman–Crippen LogP) is 3.12. The Hall–Kier alpha value is -0.290. The fourth-order valence-corrected chi connectivity index (χ4v) is 1.21. The monoisotopic (exact) mass is 241 g/mol. The fraction of sp³-hybridized carbons (Fsp3) is 1.00. The number of hydrogen-bond donors (Lipinski definition) is 1. The highest BCUT2D eigenvalue weighted by Crippen LogP contribution is 2.21. The first-order valence-electron chi connectivity index (χ1n) is 5.77. The predicted molar refractivity (Wildman–Crippen MR) is 58.5 cm³/mol. The van der Waals surface area contributed by atoms with Crippen LogP contribution in [0.3, 0.4) is 0 Å². The van der Waals surface area contributed by atoms with E-state index in [0.717, 1.165) is 6.42 Å². The van der Waals surface area contributed by atoms with Gasteiger partial charge >= 0.3 is 6.18 Å². The van der Waals surface area contributed by atoms with E-state index < -0.39 is 12.6 Å². The Morgan fingerprint density at radius 2 is 1.88 bits per heavy atom. The first-order valence-corrected chi connectivity index (χ1v) is 5.77. The van der Waals surface area contributed by atoms with Crippen LogP contribution >= 0.6 is 0 Å². The molecule has 98 valence electrons. The van der Waals surface area contributed by atoms with Crippen LogP contribution in [0.2, 0.25) is 0 Å². The van der Waals surface area contributed by atoms with Crippen LogP contribution in [-0.4, -0.2) is 31.5 Å². The fourth-order valence-electron chi connectivity index (χ4n) is 1.21. The van der Waals surface area contributed by atoms with Crippen molar-refractivity contribution in [3.05, 3.63) is 0 Å². The number of nitrogens with one attached hydrogen (secondary N) is 1. The number of rotatable bonds is 8. The molecular formula is C11H22F3NO. The molecule has 0 aromatic carbocycles. The third-order valence-corrected chi connectivity index (χ3v) is 2.17. The molecule has 0 aliphatic carbocycles. The van der Waals surface area contributed by atoms with Crippen LogP contribution in [0.15, 0.2) is 0 Å². The van der Waals surface area contributed by atoms with Crippen LogP contribution in [0.25, 0.3) is 0 Å². The zero-order valence-electron chi connectivity index (χ0n) is 10.2. The van der Waals surface area contributed by atoms with E-state index in [-0.39, 0.29) is 19.1 Å². The number of alkyl halides is 3. The minimum atomic E-state index is -4.07. The Morgan fingerprint density at radius 1 is 1.25 bits per heavy atom. The van der Waals surface area contributed by atoms with E-state index in [4.69, 9.17) is 4.74 Å². The molecule has 0 amide bonds. The summed E-state index contributed by atoms with van der Waals surface area (Å²) in [6.45, 7) is 6.89. The van der Waals surface area contributed by atoms with Crippen LogP contribution in [0, 0.1) is 0 Å². The Labute approximate surface area is 95.5 Å². The summed E-state index contributed by atoms with van der Waals surface area (Å²) < 4.78 is 40.9. The van der Waals surface area contributed by atoms with Gasteiger partial charge in [0.05, 0.1) is 6.10 Å². The van der Waals surface area contributed by atoms with Crippen LogP contribution in [0.4, 0.5) is 13.2 Å². The standard InChI is InChI=1S/C11H22F3NO/c1-4-10(8-15-9(2)3)16-7-5-6-11(12,13)14/h9-10,15H,4-8H2,1-3H3. The second-order valence-corrected chi connectivity index (χ2v) is 4.18. The van der Waals surface area contributed by atoms with E-state index in [9.17, 15) is 13.2 Å². The summed E-state index contributed by atoms with van der Waals surface area (Å²) in [4.78, 5) is 0. The van der Waals surface area contributed by atoms with Crippen molar-refractivity contribution in [1.29, 1.82) is 0 Å². The van der Waals surface area contributed by atoms with E-state index in [0.29, 0.717) is 12.6 Å². The molecule has 1 atom stereocenters. The smallest absolute Gasteiger partial charge is 0.377 e. The molecule has 0 aliphatic heterocycles. The second-order valence-electron chi connectivity index (χ2n) is 4.18. The van der Waals surface area contributed by atoms with Gasteiger partial charge in [-0.05, 0) is 12.8 Å². The van der Waals surface area contributed by atoms with Crippen LogP contribution in [0.5, 0.6) is 0 Å². The Balaban J connectivity index is 3.55. The van der Waals surface area contributed by atoms with Crippen molar-refractivity contribution in [1.82, 2.24) is 5.32 Å². The van der Waals surface area contributed by atoms with Gasteiger partial charge in [0.25, 0.3) is 0 Å². The molecule has 0 radical (unpaired) electrons. The Kier molecular flexibility index (Phi) is 7.76. The van der Waals surface area contributed by atoms with Crippen molar-refractivity contribution in [2.24, 2.45) is 0 Å². The lowest BCUT2D eigenvalue weighted by molar-refractivity contribution is -0.138. The molecule has 0 aromatic heterocycles. The lowest BCUT2D eigenvalue weighted by Gasteiger charge is -2.18. The molecule has 0 aliphatic rings. The summed E-state index contributed by atoms with van der Waals surface area (Å²) in [5.41, 5.74) is 0. The molecule has 0 saturated heterocycles. The maximum Gasteiger partial charge on any atom is 0.389 e. The van der Waals surface area contributed by atoms with Crippen molar-refractivity contribution < 1.29 is 17.9 Å². The highest BCUT2D eigenvalue weighted by atomic mass is 19.4. The van der Waals surface area contributed by atoms with E-state index in [1.807, 2.05) is 20.8 Å². The summed E-state index contributed by atoms with van der Waals surface area (Å²) in [6.07, 6.45) is -3.97. The maximum absolute atomic E-state index is 11.8. The average molecular weight is 241 g/mol. The molecule has 16 heavy (non-hydrogen) atoms. The van der Waals surface area contributed by atoms with Gasteiger partial charge in [-0.1, -0.05) is 20.8 Å². The highest BCUT2D eigenvalue weighted by Gasteiger charge is 2.26. The van der Waals surface area contributed by atoms with Crippen molar-refractivity contribution in [2.75, 3.05) is 13.2 Å². The third kappa shape index (κ3) is 10.2. The molecule has 2 nitrogen and oxygen atoms in total. The van der Waals surface area contributed by atoms with E-state index in [1.165, 1.54) is 0 Å². The van der Waals surface area contributed by atoms with Crippen molar-refractivity contribution >= 4 is 0 Å². The molecule has 0 heterocycles. The molecule has 1 N–H and O–H groups in total. The summed E-state index contributed by atoms with van der Waals surface area (Å²) >= 11 is 0. The molecular weight excluding hydrogens is 219 g/mol. The Morgan fingerprint density at radius 3 is 2.31 bits per heavy atom. The van der Waals surface area contributed by atoms with Crippen molar-refractivity contribution in [3.8, 4) is 0 Å². The molecule has 0 saturated carbocycles. The largest absolute Gasteiger partial charge is 0.389 e. The van der Waals surface area contributed by atoms with Gasteiger partial charge < -0.3 is 10.1 Å². The zero-order valence-corrected chi connectivity index (χ0v) is 10.2. The van der Waals surface area contributed by atoms with Gasteiger partial charge in [-0.2, -0.15) is 13.2 Å². The number of hydrogen-bond acceptors (Lipinski definition) is 2. The van der Waals surface area contributed by atoms with Gasteiger partial charge in [0, 0.05) is 25.6 Å². The second kappa shape index (κ2) is 7.90. The van der Waals surface area contributed by atoms with Gasteiger partial charge in [0.2, 0.25) is 0 Å². The molecule has 1 unspecified atom stereocenters. The molecule has 0 fully saturated rings. The summed E-state index contributed by atoms with van der Waals surface area (Å²) in [7, 11) is 0. The molecule has 0 rings (SSSR count). The maximum atomic E-state index is 11.8. The number of halogens is 3. The van der Waals surface area contributed by atoms with Gasteiger partial charge in [-0.25, -0.2) is 0 Å². The van der Waals surface area contributed by atoms with Gasteiger partial charge in [-0.15, -0.1) is 0 Å². The number of ether oxygens (including phenoxy) is 1. The quantitative estimate of drug-likeness (QED) is 0.659. The van der Waals surface area contributed by atoms with Crippen LogP contribution < -0.4 is 5.32 Å².